The molecule has 2 aliphatic rings. The summed E-state index contributed by atoms with van der Waals surface area (Å²) in [5.74, 6) is 1.64. The van der Waals surface area contributed by atoms with E-state index in [0.29, 0.717) is 30.3 Å². The van der Waals surface area contributed by atoms with Crippen LogP contribution in [0.3, 0.4) is 0 Å². The Hall–Kier alpha value is -2.89. The van der Waals surface area contributed by atoms with Gasteiger partial charge in [0.1, 0.15) is 18.2 Å². The summed E-state index contributed by atoms with van der Waals surface area (Å²) in [7, 11) is 0. The fraction of sp³-hybridized carbons (Fsp3) is 0.125. The van der Waals surface area contributed by atoms with Gasteiger partial charge in [-0.05, 0) is 41.5 Å². The second-order valence-corrected chi connectivity index (χ2v) is 8.08. The van der Waals surface area contributed by atoms with Gasteiger partial charge in [-0.15, -0.1) is 0 Å². The number of ketones is 1. The number of allylic oxidation sites excluding steroid dienone is 1. The van der Waals surface area contributed by atoms with Gasteiger partial charge in [-0.25, -0.2) is 0 Å². The van der Waals surface area contributed by atoms with Crippen LogP contribution >= 0.6 is 15.9 Å². The molecule has 0 N–H and O–H groups in total. The van der Waals surface area contributed by atoms with Crippen molar-refractivity contribution in [3.63, 3.8) is 0 Å². The highest BCUT2D eigenvalue weighted by molar-refractivity contribution is 9.10. The minimum atomic E-state index is -0.0945. The molecule has 0 radical (unpaired) electrons. The molecule has 29 heavy (non-hydrogen) atoms. The molecule has 2 aliphatic heterocycles. The van der Waals surface area contributed by atoms with E-state index in [4.69, 9.17) is 9.47 Å². The molecule has 0 bridgehead atoms. The molecule has 0 aliphatic carbocycles. The summed E-state index contributed by atoms with van der Waals surface area (Å²) in [5.41, 5.74) is 3.65. The Kier molecular flexibility index (Phi) is 4.70. The molecule has 0 spiro atoms. The first-order valence-electron chi connectivity index (χ1n) is 9.42. The molecule has 5 heteroatoms. The fourth-order valence-electron chi connectivity index (χ4n) is 3.70. The standard InChI is InChI=1S/C24H18BrNO3/c25-18-8-4-7-17(11-18)12-22-23(27)19-9-10-21-20(24(19)29-22)14-26(15-28-21)13-16-5-2-1-3-6-16/h1-12H,13-15H2/b22-12-. The van der Waals surface area contributed by atoms with E-state index in [1.54, 1.807) is 12.1 Å². The Morgan fingerprint density at radius 2 is 1.90 bits per heavy atom. The maximum absolute atomic E-state index is 12.9. The minimum absolute atomic E-state index is 0.0945. The number of Topliss-reactive ketones (excluding diaryl/α,β-unsaturated/α-hetero) is 1. The molecule has 5 rings (SSSR count). The SMILES string of the molecule is O=C1/C(=C/c2cccc(Br)c2)Oc2c1ccc1c2CN(Cc2ccccc2)CO1. The van der Waals surface area contributed by atoms with Crippen LogP contribution in [0.15, 0.2) is 77.0 Å². The zero-order valence-electron chi connectivity index (χ0n) is 15.6. The van der Waals surface area contributed by atoms with Gasteiger partial charge in [0, 0.05) is 17.6 Å². The van der Waals surface area contributed by atoms with Gasteiger partial charge in [-0.2, -0.15) is 0 Å². The number of rotatable bonds is 3. The Morgan fingerprint density at radius 3 is 2.72 bits per heavy atom. The van der Waals surface area contributed by atoms with Crippen molar-refractivity contribution in [3.05, 3.63) is 99.2 Å². The van der Waals surface area contributed by atoms with E-state index in [1.165, 1.54) is 5.56 Å². The highest BCUT2D eigenvalue weighted by atomic mass is 79.9. The van der Waals surface area contributed by atoms with Crippen LogP contribution in [0.5, 0.6) is 11.5 Å². The average molecular weight is 448 g/mol. The lowest BCUT2D eigenvalue weighted by Gasteiger charge is -2.29. The zero-order valence-corrected chi connectivity index (χ0v) is 17.2. The predicted octanol–water partition coefficient (Wildman–Crippen LogP) is 5.42. The number of nitrogens with zero attached hydrogens (tertiary/aromatic N) is 1. The highest BCUT2D eigenvalue weighted by Crippen LogP contribution is 2.42. The Morgan fingerprint density at radius 1 is 1.03 bits per heavy atom. The van der Waals surface area contributed by atoms with Gasteiger partial charge in [0.15, 0.2) is 5.76 Å². The summed E-state index contributed by atoms with van der Waals surface area (Å²) < 4.78 is 13.0. The second kappa shape index (κ2) is 7.50. The van der Waals surface area contributed by atoms with Crippen molar-refractivity contribution in [2.45, 2.75) is 13.1 Å². The molecule has 4 nitrogen and oxygen atoms in total. The van der Waals surface area contributed by atoms with Crippen LogP contribution in [0.2, 0.25) is 0 Å². The van der Waals surface area contributed by atoms with Gasteiger partial charge in [-0.3, -0.25) is 9.69 Å². The molecule has 144 valence electrons. The predicted molar refractivity (Wildman–Crippen MR) is 115 cm³/mol. The van der Waals surface area contributed by atoms with E-state index in [-0.39, 0.29) is 5.78 Å². The van der Waals surface area contributed by atoms with E-state index in [2.05, 4.69) is 33.0 Å². The number of ether oxygens (including phenoxy) is 2. The van der Waals surface area contributed by atoms with Gasteiger partial charge < -0.3 is 9.47 Å². The number of carbonyl (C=O) groups is 1. The van der Waals surface area contributed by atoms with Crippen molar-refractivity contribution in [2.24, 2.45) is 0 Å². The molecule has 0 amide bonds. The number of carbonyl (C=O) groups excluding carboxylic acids is 1. The smallest absolute Gasteiger partial charge is 0.231 e. The van der Waals surface area contributed by atoms with Gasteiger partial charge >= 0.3 is 0 Å². The van der Waals surface area contributed by atoms with Crippen LogP contribution < -0.4 is 9.47 Å². The van der Waals surface area contributed by atoms with Crippen molar-refractivity contribution in [1.82, 2.24) is 4.90 Å². The van der Waals surface area contributed by atoms with Crippen molar-refractivity contribution in [3.8, 4) is 11.5 Å². The van der Waals surface area contributed by atoms with E-state index in [0.717, 1.165) is 27.9 Å². The summed E-state index contributed by atoms with van der Waals surface area (Å²) in [4.78, 5) is 15.1. The van der Waals surface area contributed by atoms with Crippen LogP contribution in [0.25, 0.3) is 6.08 Å². The van der Waals surface area contributed by atoms with Crippen molar-refractivity contribution < 1.29 is 14.3 Å². The molecule has 2 heterocycles. The molecule has 0 aromatic heterocycles. The third-order valence-corrected chi connectivity index (χ3v) is 5.57. The lowest BCUT2D eigenvalue weighted by molar-refractivity contribution is 0.0873. The van der Waals surface area contributed by atoms with E-state index < -0.39 is 0 Å². The first kappa shape index (κ1) is 18.2. The van der Waals surface area contributed by atoms with E-state index >= 15 is 0 Å². The molecule has 0 atom stereocenters. The third kappa shape index (κ3) is 3.59. The molecule has 3 aromatic carbocycles. The summed E-state index contributed by atoms with van der Waals surface area (Å²) in [5, 5.41) is 0. The normalized spacial score (nSPS) is 16.9. The summed E-state index contributed by atoms with van der Waals surface area (Å²) >= 11 is 3.46. The van der Waals surface area contributed by atoms with Gasteiger partial charge in [0.2, 0.25) is 5.78 Å². The first-order chi connectivity index (χ1) is 14.2. The second-order valence-electron chi connectivity index (χ2n) is 7.16. The quantitative estimate of drug-likeness (QED) is 0.502. The number of hydrogen-bond acceptors (Lipinski definition) is 4. The molecular weight excluding hydrogens is 430 g/mol. The number of halogens is 1. The largest absolute Gasteiger partial charge is 0.478 e. The monoisotopic (exact) mass is 447 g/mol. The lowest BCUT2D eigenvalue weighted by Crippen LogP contribution is -2.31. The first-order valence-corrected chi connectivity index (χ1v) is 10.2. The topological polar surface area (TPSA) is 38.8 Å². The van der Waals surface area contributed by atoms with Gasteiger partial charge in [-0.1, -0.05) is 58.4 Å². The van der Waals surface area contributed by atoms with Crippen LogP contribution in [-0.4, -0.2) is 17.4 Å². The summed E-state index contributed by atoms with van der Waals surface area (Å²) in [6.45, 7) is 1.96. The van der Waals surface area contributed by atoms with Gasteiger partial charge in [0.25, 0.3) is 0 Å². The minimum Gasteiger partial charge on any atom is -0.478 e. The van der Waals surface area contributed by atoms with E-state index in [1.807, 2.05) is 48.5 Å². The van der Waals surface area contributed by atoms with Crippen LogP contribution in [0, 0.1) is 0 Å². The Labute approximate surface area is 177 Å². The molecule has 3 aromatic rings. The Bertz CT molecular complexity index is 1120. The molecule has 0 unspecified atom stereocenters. The molecule has 0 saturated carbocycles. The average Bonchev–Trinajstić information content (AvgIpc) is 3.05. The number of fused-ring (bicyclic) bond motifs is 3. The van der Waals surface area contributed by atoms with Crippen LogP contribution in [-0.2, 0) is 13.1 Å². The van der Waals surface area contributed by atoms with E-state index in [9.17, 15) is 4.79 Å². The molecule has 0 saturated heterocycles. The maximum Gasteiger partial charge on any atom is 0.231 e. The van der Waals surface area contributed by atoms with Gasteiger partial charge in [0.05, 0.1) is 11.1 Å². The van der Waals surface area contributed by atoms with Crippen molar-refractivity contribution >= 4 is 27.8 Å². The van der Waals surface area contributed by atoms with Crippen molar-refractivity contribution in [1.29, 1.82) is 0 Å². The maximum atomic E-state index is 12.9. The van der Waals surface area contributed by atoms with Crippen LogP contribution in [0.4, 0.5) is 0 Å². The Balaban J connectivity index is 1.44. The number of hydrogen-bond donors (Lipinski definition) is 0. The fourth-order valence-corrected chi connectivity index (χ4v) is 4.11. The molecule has 0 fully saturated rings. The van der Waals surface area contributed by atoms with Crippen LogP contribution in [0.1, 0.15) is 27.0 Å². The highest BCUT2D eigenvalue weighted by Gasteiger charge is 2.33. The summed E-state index contributed by atoms with van der Waals surface area (Å²) in [6, 6.07) is 21.7. The number of benzene rings is 3. The summed E-state index contributed by atoms with van der Waals surface area (Å²) in [6.07, 6.45) is 1.78. The lowest BCUT2D eigenvalue weighted by atomic mass is 10.0. The zero-order chi connectivity index (χ0) is 19.8. The van der Waals surface area contributed by atoms with Crippen molar-refractivity contribution in [2.75, 3.05) is 6.73 Å². The molecular formula is C24H18BrNO3. The third-order valence-electron chi connectivity index (χ3n) is 5.08.